The number of ether oxygens (including phenoxy) is 2. The van der Waals surface area contributed by atoms with Crippen LogP contribution in [0.15, 0.2) is 37.9 Å². The Morgan fingerprint density at radius 1 is 1.08 bits per heavy atom. The Balaban J connectivity index is 2.51. The number of amides is 1. The van der Waals surface area contributed by atoms with E-state index in [0.717, 1.165) is 24.5 Å². The molecule has 0 aliphatic carbocycles. The first kappa shape index (κ1) is 20.2. The molecule has 5 nitrogen and oxygen atoms in total. The zero-order chi connectivity index (χ0) is 18.8. The van der Waals surface area contributed by atoms with Crippen LogP contribution in [0.4, 0.5) is 10.5 Å². The van der Waals surface area contributed by atoms with Gasteiger partial charge in [-0.1, -0.05) is 15.9 Å². The molecule has 25 heavy (non-hydrogen) atoms. The van der Waals surface area contributed by atoms with Gasteiger partial charge < -0.3 is 9.47 Å². The van der Waals surface area contributed by atoms with E-state index in [-0.39, 0.29) is 0 Å². The van der Waals surface area contributed by atoms with E-state index in [2.05, 4.69) is 58.1 Å². The summed E-state index contributed by atoms with van der Waals surface area (Å²) in [6, 6.07) is 3.76. The Kier molecular flexibility index (Phi) is 6.51. The van der Waals surface area contributed by atoms with Crippen molar-refractivity contribution in [2.75, 3.05) is 12.4 Å². The summed E-state index contributed by atoms with van der Waals surface area (Å²) in [6.07, 6.45) is 2.69. The number of rotatable bonds is 3. The lowest BCUT2D eigenvalue weighted by atomic mass is 10.1. The summed E-state index contributed by atoms with van der Waals surface area (Å²) in [7, 11) is 1.60. The van der Waals surface area contributed by atoms with Gasteiger partial charge in [-0.3, -0.25) is 10.3 Å². The Morgan fingerprint density at radius 2 is 1.76 bits per heavy atom. The van der Waals surface area contributed by atoms with E-state index < -0.39 is 11.7 Å². The van der Waals surface area contributed by atoms with Gasteiger partial charge in [0.15, 0.2) is 0 Å². The molecule has 0 fully saturated rings. The number of nitrogens with zero attached hydrogens (tertiary/aromatic N) is 1. The zero-order valence-electron chi connectivity index (χ0n) is 14.1. The summed E-state index contributed by atoms with van der Waals surface area (Å²) in [5.41, 5.74) is 1.53. The average Bonchev–Trinajstić information content (AvgIpc) is 2.47. The minimum atomic E-state index is -0.592. The maximum absolute atomic E-state index is 12.2. The Morgan fingerprint density at radius 3 is 2.36 bits per heavy atom. The number of carbonyl (C=O) groups is 1. The highest BCUT2D eigenvalue weighted by Gasteiger charge is 2.20. The van der Waals surface area contributed by atoms with Crippen LogP contribution >= 0.6 is 47.8 Å². The molecule has 2 rings (SSSR count). The minimum Gasteiger partial charge on any atom is -0.496 e. The van der Waals surface area contributed by atoms with Crippen LogP contribution in [0.3, 0.4) is 0 Å². The fourth-order valence-corrected chi connectivity index (χ4v) is 3.99. The highest BCUT2D eigenvalue weighted by atomic mass is 79.9. The molecule has 0 unspecified atom stereocenters. The van der Waals surface area contributed by atoms with Gasteiger partial charge in [0.05, 0.1) is 23.5 Å². The summed E-state index contributed by atoms with van der Waals surface area (Å²) in [4.78, 5) is 16.3. The minimum absolute atomic E-state index is 0.522. The molecule has 0 radical (unpaired) electrons. The number of carbonyl (C=O) groups excluding carboxylic acids is 1. The van der Waals surface area contributed by atoms with Gasteiger partial charge in [0, 0.05) is 26.3 Å². The van der Waals surface area contributed by atoms with E-state index in [1.807, 2.05) is 32.9 Å². The number of hydrogen-bond donors (Lipinski definition) is 1. The van der Waals surface area contributed by atoms with Crippen LogP contribution in [0.1, 0.15) is 20.8 Å². The van der Waals surface area contributed by atoms with Gasteiger partial charge in [0.25, 0.3) is 0 Å². The van der Waals surface area contributed by atoms with Crippen LogP contribution in [-0.2, 0) is 4.74 Å². The van der Waals surface area contributed by atoms with Gasteiger partial charge in [-0.2, -0.15) is 0 Å². The number of methoxy groups -OCH3 is 1. The molecule has 0 bridgehead atoms. The molecule has 0 aliphatic heterocycles. The van der Waals surface area contributed by atoms with Crippen LogP contribution in [0, 0.1) is 0 Å². The maximum Gasteiger partial charge on any atom is 0.412 e. The van der Waals surface area contributed by atoms with Crippen molar-refractivity contribution in [1.29, 1.82) is 0 Å². The number of pyridine rings is 1. The molecule has 1 amide bonds. The normalized spacial score (nSPS) is 11.2. The van der Waals surface area contributed by atoms with Gasteiger partial charge in [0.2, 0.25) is 0 Å². The predicted molar refractivity (Wildman–Crippen MR) is 109 cm³/mol. The molecule has 0 spiro atoms. The molecule has 8 heteroatoms. The third-order valence-corrected chi connectivity index (χ3v) is 4.92. The molecular formula is C17H17Br3N2O3. The largest absolute Gasteiger partial charge is 0.496 e. The smallest absolute Gasteiger partial charge is 0.412 e. The van der Waals surface area contributed by atoms with Gasteiger partial charge in [0.1, 0.15) is 11.4 Å². The van der Waals surface area contributed by atoms with Crippen molar-refractivity contribution < 1.29 is 14.3 Å². The summed E-state index contributed by atoms with van der Waals surface area (Å²) >= 11 is 10.5. The standard InChI is InChI=1S/C17H17Br3N2O3/c1-17(2,3)25-16(23)22-13-8-21-7-12(20)15(13)9-5-14(24-4)11(19)6-10(9)18/h5-8H,1-4H3,(H,22,23). The van der Waals surface area contributed by atoms with Crippen molar-refractivity contribution >= 4 is 59.6 Å². The molecule has 0 aliphatic rings. The molecule has 1 aromatic heterocycles. The Hall–Kier alpha value is -1.12. The van der Waals surface area contributed by atoms with Crippen molar-refractivity contribution in [3.8, 4) is 16.9 Å². The average molecular weight is 537 g/mol. The molecule has 1 aromatic carbocycles. The summed E-state index contributed by atoms with van der Waals surface area (Å²) in [5.74, 6) is 0.671. The number of nitrogens with one attached hydrogen (secondary N) is 1. The Labute approximate surface area is 171 Å². The fraction of sp³-hybridized carbons (Fsp3) is 0.294. The number of anilines is 1. The summed E-state index contributed by atoms with van der Waals surface area (Å²) < 4.78 is 13.1. The van der Waals surface area contributed by atoms with E-state index in [9.17, 15) is 4.79 Å². The molecule has 1 N–H and O–H groups in total. The van der Waals surface area contributed by atoms with Crippen LogP contribution in [0.2, 0.25) is 0 Å². The second-order valence-corrected chi connectivity index (χ2v) is 8.70. The second-order valence-electron chi connectivity index (χ2n) is 6.14. The van der Waals surface area contributed by atoms with E-state index in [1.54, 1.807) is 19.5 Å². The van der Waals surface area contributed by atoms with Crippen LogP contribution in [0.5, 0.6) is 5.75 Å². The summed E-state index contributed by atoms with van der Waals surface area (Å²) in [6.45, 7) is 5.43. The van der Waals surface area contributed by atoms with Crippen LogP contribution < -0.4 is 10.1 Å². The second kappa shape index (κ2) is 8.05. The number of halogens is 3. The third-order valence-electron chi connectivity index (χ3n) is 3.05. The lowest BCUT2D eigenvalue weighted by Gasteiger charge is -2.21. The topological polar surface area (TPSA) is 60.5 Å². The van der Waals surface area contributed by atoms with E-state index in [4.69, 9.17) is 9.47 Å². The van der Waals surface area contributed by atoms with E-state index >= 15 is 0 Å². The third kappa shape index (κ3) is 5.18. The zero-order valence-corrected chi connectivity index (χ0v) is 18.9. The predicted octanol–water partition coefficient (Wildman–Crippen LogP) is 6.39. The molecule has 2 aromatic rings. The van der Waals surface area contributed by atoms with Gasteiger partial charge in [-0.15, -0.1) is 0 Å². The van der Waals surface area contributed by atoms with Crippen molar-refractivity contribution in [2.24, 2.45) is 0 Å². The summed E-state index contributed by atoms with van der Waals surface area (Å²) in [5, 5.41) is 2.76. The first-order valence-electron chi connectivity index (χ1n) is 7.29. The fourth-order valence-electron chi connectivity index (χ4n) is 2.09. The molecule has 134 valence electrons. The van der Waals surface area contributed by atoms with Gasteiger partial charge >= 0.3 is 6.09 Å². The highest BCUT2D eigenvalue weighted by Crippen LogP contribution is 2.42. The van der Waals surface area contributed by atoms with Gasteiger partial charge in [-0.25, -0.2) is 4.79 Å². The first-order valence-corrected chi connectivity index (χ1v) is 9.67. The number of hydrogen-bond acceptors (Lipinski definition) is 4. The molecule has 0 saturated carbocycles. The Bertz CT molecular complexity index is 804. The number of benzene rings is 1. The van der Waals surface area contributed by atoms with Crippen molar-refractivity contribution in [1.82, 2.24) is 4.98 Å². The SMILES string of the molecule is COc1cc(-c2c(Br)cncc2NC(=O)OC(C)(C)C)c(Br)cc1Br. The lowest BCUT2D eigenvalue weighted by Crippen LogP contribution is -2.27. The van der Waals surface area contributed by atoms with E-state index in [1.165, 1.54) is 0 Å². The first-order chi connectivity index (χ1) is 11.6. The highest BCUT2D eigenvalue weighted by molar-refractivity contribution is 9.11. The van der Waals surface area contributed by atoms with Crippen molar-refractivity contribution in [3.63, 3.8) is 0 Å². The molecular weight excluding hydrogens is 520 g/mol. The van der Waals surface area contributed by atoms with Crippen LogP contribution in [-0.4, -0.2) is 23.8 Å². The number of aromatic nitrogens is 1. The molecule has 0 atom stereocenters. The van der Waals surface area contributed by atoms with Gasteiger partial charge in [-0.05, 0) is 64.8 Å². The maximum atomic E-state index is 12.2. The van der Waals surface area contributed by atoms with Crippen molar-refractivity contribution in [2.45, 2.75) is 26.4 Å². The van der Waals surface area contributed by atoms with Crippen molar-refractivity contribution in [3.05, 3.63) is 37.9 Å². The monoisotopic (exact) mass is 534 g/mol. The van der Waals surface area contributed by atoms with E-state index in [0.29, 0.717) is 11.4 Å². The van der Waals surface area contributed by atoms with Crippen LogP contribution in [0.25, 0.3) is 11.1 Å². The molecule has 1 heterocycles. The quantitative estimate of drug-likeness (QED) is 0.493. The molecule has 0 saturated heterocycles. The lowest BCUT2D eigenvalue weighted by molar-refractivity contribution is 0.0636.